The summed E-state index contributed by atoms with van der Waals surface area (Å²) in [6.07, 6.45) is 2.93. The number of amides is 1. The number of fused-ring (bicyclic) bond motifs is 1. The Labute approximate surface area is 205 Å². The first-order valence-corrected chi connectivity index (χ1v) is 12.7. The first-order valence-electron chi connectivity index (χ1n) is 11.3. The highest BCUT2D eigenvalue weighted by Gasteiger charge is 2.29. The second-order valence-corrected chi connectivity index (χ2v) is 9.81. The Kier molecular flexibility index (Phi) is 8.02. The minimum Gasteiger partial charge on any atom is -0.495 e. The lowest BCUT2D eigenvalue weighted by Crippen LogP contribution is -2.40. The Morgan fingerprint density at radius 2 is 1.83 bits per heavy atom. The highest BCUT2D eigenvalue weighted by atomic mass is 32.2. The van der Waals surface area contributed by atoms with E-state index in [-0.39, 0.29) is 29.6 Å². The number of nitrogens with zero attached hydrogens (tertiary/aromatic N) is 1. The lowest BCUT2D eigenvalue weighted by atomic mass is 10.1. The number of morpholine rings is 1. The lowest BCUT2D eigenvalue weighted by Gasteiger charge is -2.26. The van der Waals surface area contributed by atoms with E-state index in [1.54, 1.807) is 18.2 Å². The largest absolute Gasteiger partial charge is 0.495 e. The van der Waals surface area contributed by atoms with Gasteiger partial charge in [-0.15, -0.1) is 0 Å². The molecular weight excluding hydrogens is 468 g/mol. The van der Waals surface area contributed by atoms with Crippen molar-refractivity contribution >= 4 is 32.8 Å². The molecule has 1 heterocycles. The van der Waals surface area contributed by atoms with Crippen molar-refractivity contribution in [3.05, 3.63) is 72.3 Å². The number of benzene rings is 3. The molecule has 184 valence electrons. The van der Waals surface area contributed by atoms with E-state index in [1.807, 2.05) is 42.5 Å². The highest BCUT2D eigenvalue weighted by Crippen LogP contribution is 2.29. The number of sulfonamides is 1. The van der Waals surface area contributed by atoms with Crippen LogP contribution < -0.4 is 14.8 Å². The Balaban J connectivity index is 1.33. The van der Waals surface area contributed by atoms with Gasteiger partial charge in [0.2, 0.25) is 15.9 Å². The average molecular weight is 497 g/mol. The van der Waals surface area contributed by atoms with Gasteiger partial charge in [0.25, 0.3) is 0 Å². The van der Waals surface area contributed by atoms with Gasteiger partial charge in [-0.1, -0.05) is 36.4 Å². The highest BCUT2D eigenvalue weighted by molar-refractivity contribution is 7.89. The molecule has 0 saturated carbocycles. The molecule has 0 unspecified atom stereocenters. The number of nitrogens with one attached hydrogen (secondary N) is 1. The molecule has 0 bridgehead atoms. The van der Waals surface area contributed by atoms with Gasteiger partial charge in [0.15, 0.2) is 0 Å². The zero-order chi connectivity index (χ0) is 24.7. The van der Waals surface area contributed by atoms with E-state index in [9.17, 15) is 13.2 Å². The van der Waals surface area contributed by atoms with Gasteiger partial charge in [0.05, 0.1) is 26.9 Å². The second-order valence-electron chi connectivity index (χ2n) is 7.91. The summed E-state index contributed by atoms with van der Waals surface area (Å²) in [5.41, 5.74) is 0.570. The molecule has 1 amide bonds. The fourth-order valence-electron chi connectivity index (χ4n) is 3.76. The predicted molar refractivity (Wildman–Crippen MR) is 134 cm³/mol. The van der Waals surface area contributed by atoms with Gasteiger partial charge in [-0.2, -0.15) is 4.31 Å². The molecular formula is C26H28N2O6S. The van der Waals surface area contributed by atoms with Crippen LogP contribution in [-0.4, -0.2) is 65.2 Å². The summed E-state index contributed by atoms with van der Waals surface area (Å²) in [7, 11) is -2.32. The normalized spacial score (nSPS) is 14.8. The van der Waals surface area contributed by atoms with E-state index in [0.29, 0.717) is 31.9 Å². The van der Waals surface area contributed by atoms with Gasteiger partial charge in [-0.3, -0.25) is 4.79 Å². The van der Waals surface area contributed by atoms with Crippen LogP contribution in [0.15, 0.2) is 71.6 Å². The number of hydrogen-bond acceptors (Lipinski definition) is 6. The fourth-order valence-corrected chi connectivity index (χ4v) is 5.35. The Hall–Kier alpha value is -3.40. The topological polar surface area (TPSA) is 94.2 Å². The Morgan fingerprint density at radius 3 is 2.60 bits per heavy atom. The van der Waals surface area contributed by atoms with Crippen molar-refractivity contribution < 1.29 is 27.4 Å². The lowest BCUT2D eigenvalue weighted by molar-refractivity contribution is -0.116. The molecule has 9 heteroatoms. The van der Waals surface area contributed by atoms with Gasteiger partial charge >= 0.3 is 0 Å². The maximum atomic E-state index is 13.1. The van der Waals surface area contributed by atoms with Crippen molar-refractivity contribution in [1.82, 2.24) is 9.62 Å². The monoisotopic (exact) mass is 496 g/mol. The van der Waals surface area contributed by atoms with E-state index in [4.69, 9.17) is 14.2 Å². The maximum absolute atomic E-state index is 13.1. The number of ether oxygens (including phenoxy) is 3. The molecule has 0 aliphatic carbocycles. The van der Waals surface area contributed by atoms with Crippen LogP contribution in [0.25, 0.3) is 16.8 Å². The molecule has 1 aliphatic rings. The van der Waals surface area contributed by atoms with E-state index in [0.717, 1.165) is 16.5 Å². The first kappa shape index (κ1) is 24.7. The fraction of sp³-hybridized carbons (Fsp3) is 0.269. The zero-order valence-electron chi connectivity index (χ0n) is 19.5. The van der Waals surface area contributed by atoms with Crippen LogP contribution >= 0.6 is 0 Å². The average Bonchev–Trinajstić information content (AvgIpc) is 2.90. The molecule has 4 rings (SSSR count). The molecule has 0 spiro atoms. The minimum absolute atomic E-state index is 0.0632. The molecule has 1 saturated heterocycles. The predicted octanol–water partition coefficient (Wildman–Crippen LogP) is 3.08. The van der Waals surface area contributed by atoms with Crippen LogP contribution in [0.2, 0.25) is 0 Å². The molecule has 0 radical (unpaired) electrons. The third-order valence-electron chi connectivity index (χ3n) is 5.59. The van der Waals surface area contributed by atoms with Gasteiger partial charge in [0.1, 0.15) is 23.0 Å². The van der Waals surface area contributed by atoms with E-state index < -0.39 is 10.0 Å². The number of methoxy groups -OCH3 is 1. The van der Waals surface area contributed by atoms with E-state index >= 15 is 0 Å². The summed E-state index contributed by atoms with van der Waals surface area (Å²) in [5, 5.41) is 4.99. The molecule has 8 nitrogen and oxygen atoms in total. The van der Waals surface area contributed by atoms with Crippen molar-refractivity contribution in [3.63, 3.8) is 0 Å². The van der Waals surface area contributed by atoms with Crippen molar-refractivity contribution in [2.75, 3.05) is 46.6 Å². The summed E-state index contributed by atoms with van der Waals surface area (Å²) in [5.74, 6) is 0.685. The molecule has 3 aromatic carbocycles. The number of rotatable bonds is 9. The van der Waals surface area contributed by atoms with Crippen LogP contribution in [0.3, 0.4) is 0 Å². The molecule has 3 aromatic rings. The third-order valence-corrected chi connectivity index (χ3v) is 7.51. The van der Waals surface area contributed by atoms with Crippen LogP contribution in [0.1, 0.15) is 5.56 Å². The number of hydrogen-bond donors (Lipinski definition) is 1. The van der Waals surface area contributed by atoms with Gasteiger partial charge in [-0.05, 0) is 46.7 Å². The summed E-state index contributed by atoms with van der Waals surface area (Å²) < 4.78 is 43.8. The van der Waals surface area contributed by atoms with E-state index in [2.05, 4.69) is 5.32 Å². The van der Waals surface area contributed by atoms with Crippen molar-refractivity contribution in [1.29, 1.82) is 0 Å². The molecule has 0 atom stereocenters. The SMILES string of the molecule is COc1ccc(/C=C/C(=O)NCCOc2ccc3ccccc3c2)cc1S(=O)(=O)N1CCOCC1. The van der Waals surface area contributed by atoms with Crippen molar-refractivity contribution in [2.45, 2.75) is 4.90 Å². The summed E-state index contributed by atoms with van der Waals surface area (Å²) in [4.78, 5) is 12.3. The Bertz CT molecular complexity index is 1320. The zero-order valence-corrected chi connectivity index (χ0v) is 20.3. The summed E-state index contributed by atoms with van der Waals surface area (Å²) in [6, 6.07) is 18.7. The van der Waals surface area contributed by atoms with Crippen LogP contribution in [0.4, 0.5) is 0 Å². The van der Waals surface area contributed by atoms with Crippen LogP contribution in [0.5, 0.6) is 11.5 Å². The number of carbonyl (C=O) groups excluding carboxylic acids is 1. The number of carbonyl (C=O) groups is 1. The minimum atomic E-state index is -3.75. The molecule has 1 aliphatic heterocycles. The van der Waals surface area contributed by atoms with E-state index in [1.165, 1.54) is 23.6 Å². The van der Waals surface area contributed by atoms with Gasteiger partial charge in [0, 0.05) is 19.2 Å². The molecule has 0 aromatic heterocycles. The molecule has 1 N–H and O–H groups in total. The van der Waals surface area contributed by atoms with Crippen LogP contribution in [0, 0.1) is 0 Å². The van der Waals surface area contributed by atoms with Gasteiger partial charge in [-0.25, -0.2) is 8.42 Å². The molecule has 1 fully saturated rings. The standard InChI is InChI=1S/C26H28N2O6S/c1-32-24-10-6-20(18-25(24)35(30,31)28-13-16-33-17-14-28)7-11-26(29)27-12-15-34-23-9-8-21-4-2-3-5-22(21)19-23/h2-11,18-19H,12-17H2,1H3,(H,27,29)/b11-7+. The van der Waals surface area contributed by atoms with Gasteiger partial charge < -0.3 is 19.5 Å². The summed E-state index contributed by atoms with van der Waals surface area (Å²) >= 11 is 0. The third kappa shape index (κ3) is 6.19. The maximum Gasteiger partial charge on any atom is 0.246 e. The quantitative estimate of drug-likeness (QED) is 0.362. The van der Waals surface area contributed by atoms with Crippen molar-refractivity contribution in [2.24, 2.45) is 0 Å². The smallest absolute Gasteiger partial charge is 0.246 e. The second kappa shape index (κ2) is 11.4. The van der Waals surface area contributed by atoms with Crippen molar-refractivity contribution in [3.8, 4) is 11.5 Å². The first-order chi connectivity index (χ1) is 17.0. The summed E-state index contributed by atoms with van der Waals surface area (Å²) in [6.45, 7) is 1.93. The van der Waals surface area contributed by atoms with Crippen LogP contribution in [-0.2, 0) is 19.6 Å². The molecule has 35 heavy (non-hydrogen) atoms. The Morgan fingerprint density at radius 1 is 1.06 bits per heavy atom.